The van der Waals surface area contributed by atoms with Crippen molar-refractivity contribution in [1.29, 1.82) is 0 Å². The molecular weight excluding hydrogens is 310 g/mol. The number of imidazole rings is 1. The molecule has 0 saturated carbocycles. The molecule has 0 spiro atoms. The maximum atomic E-state index is 11.6. The fourth-order valence-electron chi connectivity index (χ4n) is 2.90. The van der Waals surface area contributed by atoms with Gasteiger partial charge in [-0.1, -0.05) is 23.4 Å². The van der Waals surface area contributed by atoms with Crippen LogP contribution >= 0.6 is 0 Å². The number of nitrogens with one attached hydrogen (secondary N) is 1. The van der Waals surface area contributed by atoms with Gasteiger partial charge in [0.1, 0.15) is 6.04 Å². The van der Waals surface area contributed by atoms with Gasteiger partial charge in [-0.05, 0) is 12.1 Å². The summed E-state index contributed by atoms with van der Waals surface area (Å²) in [4.78, 5) is 25.0. The van der Waals surface area contributed by atoms with Crippen molar-refractivity contribution >= 4 is 5.97 Å². The Morgan fingerprint density at radius 2 is 2.21 bits per heavy atom. The molecule has 8 nitrogen and oxygen atoms in total. The number of nitrogens with zero attached hydrogens (tertiary/aromatic N) is 4. The van der Waals surface area contributed by atoms with Crippen molar-refractivity contribution in [3.63, 3.8) is 0 Å². The molecular formula is C16H15N5O3. The predicted molar refractivity (Wildman–Crippen MR) is 82.7 cm³/mol. The zero-order valence-electron chi connectivity index (χ0n) is 12.7. The van der Waals surface area contributed by atoms with E-state index in [0.29, 0.717) is 31.2 Å². The Hall–Kier alpha value is -3.00. The molecule has 0 amide bonds. The van der Waals surface area contributed by atoms with E-state index in [1.165, 1.54) is 0 Å². The van der Waals surface area contributed by atoms with Crippen LogP contribution in [0.5, 0.6) is 0 Å². The lowest BCUT2D eigenvalue weighted by atomic mass is 10.0. The van der Waals surface area contributed by atoms with Gasteiger partial charge in [-0.25, -0.2) is 4.98 Å². The van der Waals surface area contributed by atoms with E-state index >= 15 is 0 Å². The van der Waals surface area contributed by atoms with Crippen molar-refractivity contribution in [1.82, 2.24) is 25.0 Å². The Labute approximate surface area is 137 Å². The number of hydrogen-bond acceptors (Lipinski definition) is 6. The van der Waals surface area contributed by atoms with Gasteiger partial charge in [0.05, 0.1) is 24.3 Å². The molecule has 2 N–H and O–H groups in total. The number of aromatic amines is 1. The van der Waals surface area contributed by atoms with E-state index in [1.807, 2.05) is 35.2 Å². The van der Waals surface area contributed by atoms with Gasteiger partial charge in [0.15, 0.2) is 5.82 Å². The number of carboxylic acid groups (broad SMARTS) is 1. The minimum absolute atomic E-state index is 0.297. The van der Waals surface area contributed by atoms with Crippen LogP contribution in [-0.4, -0.2) is 42.1 Å². The summed E-state index contributed by atoms with van der Waals surface area (Å²) in [5, 5.41) is 13.5. The summed E-state index contributed by atoms with van der Waals surface area (Å²) >= 11 is 0. The lowest BCUT2D eigenvalue weighted by Gasteiger charge is -2.31. The standard InChI is InChI=1S/C16H15N5O3/c22-16(23)13-6-11-12(18-9-17-11)7-21(13)8-14-19-15(24-20-14)10-4-2-1-3-5-10/h1-5,9,13H,6-8H2,(H,17,18)(H,22,23)/t13-/m1/s1. The summed E-state index contributed by atoms with van der Waals surface area (Å²) in [5.41, 5.74) is 2.57. The Bertz CT molecular complexity index is 857. The molecule has 4 rings (SSSR count). The number of aromatic nitrogens is 4. The molecule has 24 heavy (non-hydrogen) atoms. The highest BCUT2D eigenvalue weighted by Gasteiger charge is 2.33. The van der Waals surface area contributed by atoms with E-state index in [9.17, 15) is 9.90 Å². The third-order valence-corrected chi connectivity index (χ3v) is 4.11. The van der Waals surface area contributed by atoms with Crippen molar-refractivity contribution in [3.8, 4) is 11.5 Å². The Balaban J connectivity index is 1.56. The highest BCUT2D eigenvalue weighted by molar-refractivity contribution is 5.74. The lowest BCUT2D eigenvalue weighted by Crippen LogP contribution is -2.45. The van der Waals surface area contributed by atoms with Crippen LogP contribution in [0.2, 0.25) is 0 Å². The number of carboxylic acids is 1. The summed E-state index contributed by atoms with van der Waals surface area (Å²) in [5.74, 6) is 0.00945. The van der Waals surface area contributed by atoms with Gasteiger partial charge >= 0.3 is 5.97 Å². The number of H-pyrrole nitrogens is 1. The summed E-state index contributed by atoms with van der Waals surface area (Å²) in [7, 11) is 0. The summed E-state index contributed by atoms with van der Waals surface area (Å²) < 4.78 is 5.29. The number of hydrogen-bond donors (Lipinski definition) is 2. The monoisotopic (exact) mass is 325 g/mol. The van der Waals surface area contributed by atoms with Crippen LogP contribution in [0.15, 0.2) is 41.2 Å². The molecule has 1 atom stereocenters. The van der Waals surface area contributed by atoms with Gasteiger partial charge in [0.2, 0.25) is 0 Å². The first kappa shape index (κ1) is 14.6. The Morgan fingerprint density at radius 1 is 1.38 bits per heavy atom. The van der Waals surface area contributed by atoms with Crippen LogP contribution in [0.25, 0.3) is 11.5 Å². The summed E-state index contributed by atoms with van der Waals surface area (Å²) in [6, 6.07) is 8.81. The first-order chi connectivity index (χ1) is 11.7. The fourth-order valence-corrected chi connectivity index (χ4v) is 2.90. The van der Waals surface area contributed by atoms with Crippen LogP contribution in [0.1, 0.15) is 17.2 Å². The van der Waals surface area contributed by atoms with Gasteiger partial charge in [-0.3, -0.25) is 9.69 Å². The minimum Gasteiger partial charge on any atom is -0.480 e. The van der Waals surface area contributed by atoms with Crippen LogP contribution in [0.3, 0.4) is 0 Å². The van der Waals surface area contributed by atoms with Crippen LogP contribution in [0, 0.1) is 0 Å². The third kappa shape index (κ3) is 2.67. The zero-order chi connectivity index (χ0) is 16.5. The highest BCUT2D eigenvalue weighted by Crippen LogP contribution is 2.23. The zero-order valence-corrected chi connectivity index (χ0v) is 12.7. The molecule has 0 bridgehead atoms. The normalized spacial score (nSPS) is 17.6. The smallest absolute Gasteiger partial charge is 0.321 e. The van der Waals surface area contributed by atoms with Crippen molar-refractivity contribution < 1.29 is 14.4 Å². The molecule has 0 unspecified atom stereocenters. The fraction of sp³-hybridized carbons (Fsp3) is 0.250. The molecule has 3 aromatic rings. The van der Waals surface area contributed by atoms with Crippen LogP contribution in [0.4, 0.5) is 0 Å². The molecule has 0 radical (unpaired) electrons. The molecule has 1 aromatic carbocycles. The van der Waals surface area contributed by atoms with Crippen molar-refractivity contribution in [2.45, 2.75) is 25.6 Å². The maximum absolute atomic E-state index is 11.6. The molecule has 1 aliphatic heterocycles. The Kier molecular flexibility index (Phi) is 3.58. The van der Waals surface area contributed by atoms with Gasteiger partial charge in [-0.15, -0.1) is 0 Å². The van der Waals surface area contributed by atoms with E-state index < -0.39 is 12.0 Å². The molecule has 2 aromatic heterocycles. The molecule has 0 aliphatic carbocycles. The summed E-state index contributed by atoms with van der Waals surface area (Å²) in [6.07, 6.45) is 1.95. The van der Waals surface area contributed by atoms with Crippen molar-refractivity contribution in [2.24, 2.45) is 0 Å². The summed E-state index contributed by atoms with van der Waals surface area (Å²) in [6.45, 7) is 0.757. The Morgan fingerprint density at radius 3 is 3.00 bits per heavy atom. The van der Waals surface area contributed by atoms with Crippen molar-refractivity contribution in [2.75, 3.05) is 0 Å². The second kappa shape index (κ2) is 5.89. The van der Waals surface area contributed by atoms with E-state index in [-0.39, 0.29) is 0 Å². The topological polar surface area (TPSA) is 108 Å². The SMILES string of the molecule is O=C(O)[C@H]1Cc2nc[nH]c2CN1Cc1noc(-c2ccccc2)n1. The second-order valence-corrected chi connectivity index (χ2v) is 5.67. The molecule has 0 fully saturated rings. The molecule has 1 aliphatic rings. The van der Waals surface area contributed by atoms with E-state index in [0.717, 1.165) is 17.0 Å². The largest absolute Gasteiger partial charge is 0.480 e. The number of rotatable bonds is 4. The second-order valence-electron chi connectivity index (χ2n) is 5.67. The number of benzene rings is 1. The molecule has 122 valence electrons. The quantitative estimate of drug-likeness (QED) is 0.747. The first-order valence-electron chi connectivity index (χ1n) is 7.56. The molecule has 3 heterocycles. The third-order valence-electron chi connectivity index (χ3n) is 4.11. The van der Waals surface area contributed by atoms with Crippen LogP contribution in [-0.2, 0) is 24.3 Å². The number of fused-ring (bicyclic) bond motifs is 1. The van der Waals surface area contributed by atoms with Gasteiger partial charge in [-0.2, -0.15) is 4.98 Å². The lowest BCUT2D eigenvalue weighted by molar-refractivity contribution is -0.144. The van der Waals surface area contributed by atoms with Crippen LogP contribution < -0.4 is 0 Å². The van der Waals surface area contributed by atoms with Crippen molar-refractivity contribution in [3.05, 3.63) is 53.9 Å². The van der Waals surface area contributed by atoms with Gasteiger partial charge in [0.25, 0.3) is 5.89 Å². The first-order valence-corrected chi connectivity index (χ1v) is 7.56. The van der Waals surface area contributed by atoms with E-state index in [2.05, 4.69) is 20.1 Å². The average Bonchev–Trinajstić information content (AvgIpc) is 3.23. The van der Waals surface area contributed by atoms with E-state index in [4.69, 9.17) is 4.52 Å². The number of carbonyl (C=O) groups is 1. The highest BCUT2D eigenvalue weighted by atomic mass is 16.5. The number of aliphatic carboxylic acids is 1. The minimum atomic E-state index is -0.879. The van der Waals surface area contributed by atoms with Gasteiger partial charge < -0.3 is 14.6 Å². The van der Waals surface area contributed by atoms with Gasteiger partial charge in [0, 0.05) is 18.5 Å². The predicted octanol–water partition coefficient (Wildman–Crippen LogP) is 1.47. The maximum Gasteiger partial charge on any atom is 0.321 e. The molecule has 0 saturated heterocycles. The van der Waals surface area contributed by atoms with E-state index in [1.54, 1.807) is 6.33 Å². The molecule has 8 heteroatoms. The average molecular weight is 325 g/mol.